The van der Waals surface area contributed by atoms with Gasteiger partial charge in [0.05, 0.1) is 5.69 Å². The van der Waals surface area contributed by atoms with Crippen molar-refractivity contribution in [3.8, 4) is 0 Å². The van der Waals surface area contributed by atoms with E-state index in [0.717, 1.165) is 5.69 Å². The predicted molar refractivity (Wildman–Crippen MR) is 56.7 cm³/mol. The Bertz CT molecular complexity index is 584. The van der Waals surface area contributed by atoms with E-state index in [9.17, 15) is 4.79 Å². The molecular formula is C11H11N3O2. The van der Waals surface area contributed by atoms with Crippen LogP contribution in [0.4, 0.5) is 0 Å². The van der Waals surface area contributed by atoms with Crippen LogP contribution < -0.4 is 0 Å². The molecule has 5 nitrogen and oxygen atoms in total. The number of rotatable bonds is 2. The molecule has 1 fully saturated rings. The van der Waals surface area contributed by atoms with E-state index in [1.807, 2.05) is 6.07 Å². The largest absolute Gasteiger partial charge is 0.477 e. The number of nitrogens with zero attached hydrogens (tertiary/aromatic N) is 3. The first-order valence-corrected chi connectivity index (χ1v) is 5.24. The standard InChI is InChI=1S/C11H11N3O2/c1-6-10(11(15)16)14-5-12-8(7-2-3-7)4-9(14)13-6/h4-5,7H,2-3H2,1H3,(H,15,16). The molecule has 0 amide bonds. The van der Waals surface area contributed by atoms with Crippen molar-refractivity contribution in [3.05, 3.63) is 29.5 Å². The zero-order valence-corrected chi connectivity index (χ0v) is 8.84. The van der Waals surface area contributed by atoms with E-state index >= 15 is 0 Å². The van der Waals surface area contributed by atoms with Gasteiger partial charge < -0.3 is 5.11 Å². The summed E-state index contributed by atoms with van der Waals surface area (Å²) in [5.74, 6) is -0.416. The monoisotopic (exact) mass is 217 g/mol. The Labute approximate surface area is 91.8 Å². The van der Waals surface area contributed by atoms with Crippen molar-refractivity contribution in [1.29, 1.82) is 0 Å². The second kappa shape index (κ2) is 3.04. The van der Waals surface area contributed by atoms with Crippen LogP contribution in [0.3, 0.4) is 0 Å². The highest BCUT2D eigenvalue weighted by Gasteiger charge is 2.26. The van der Waals surface area contributed by atoms with Crippen LogP contribution in [0.25, 0.3) is 5.65 Å². The Morgan fingerprint density at radius 3 is 2.94 bits per heavy atom. The predicted octanol–water partition coefficient (Wildman–Crippen LogP) is 1.61. The minimum absolute atomic E-state index is 0.199. The molecule has 5 heteroatoms. The Morgan fingerprint density at radius 2 is 2.31 bits per heavy atom. The summed E-state index contributed by atoms with van der Waals surface area (Å²) in [4.78, 5) is 19.6. The van der Waals surface area contributed by atoms with Gasteiger partial charge in [0.2, 0.25) is 0 Å². The fraction of sp³-hybridized carbons (Fsp3) is 0.364. The topological polar surface area (TPSA) is 67.5 Å². The maximum Gasteiger partial charge on any atom is 0.354 e. The zero-order valence-electron chi connectivity index (χ0n) is 8.84. The summed E-state index contributed by atoms with van der Waals surface area (Å²) in [5, 5.41) is 9.05. The molecule has 2 aromatic rings. The Kier molecular flexibility index (Phi) is 1.77. The Balaban J connectivity index is 2.22. The molecule has 1 N–H and O–H groups in total. The van der Waals surface area contributed by atoms with Crippen LogP contribution >= 0.6 is 0 Å². The van der Waals surface area contributed by atoms with Gasteiger partial charge in [0.15, 0.2) is 5.69 Å². The first kappa shape index (κ1) is 9.33. The molecule has 1 aliphatic carbocycles. The third kappa shape index (κ3) is 1.28. The zero-order chi connectivity index (χ0) is 11.3. The maximum absolute atomic E-state index is 11.0. The summed E-state index contributed by atoms with van der Waals surface area (Å²) in [6.07, 6.45) is 3.91. The summed E-state index contributed by atoms with van der Waals surface area (Å²) in [6.45, 7) is 1.70. The van der Waals surface area contributed by atoms with Crippen molar-refractivity contribution in [2.45, 2.75) is 25.7 Å². The highest BCUT2D eigenvalue weighted by Crippen LogP contribution is 2.39. The van der Waals surface area contributed by atoms with Crippen molar-refractivity contribution in [1.82, 2.24) is 14.4 Å². The molecule has 1 aliphatic rings. The lowest BCUT2D eigenvalue weighted by molar-refractivity contribution is 0.0688. The summed E-state index contributed by atoms with van der Waals surface area (Å²) in [5.41, 5.74) is 2.42. The second-order valence-corrected chi connectivity index (χ2v) is 4.17. The fourth-order valence-electron chi connectivity index (χ4n) is 1.94. The molecule has 0 radical (unpaired) electrons. The number of aryl methyl sites for hydroxylation is 1. The lowest BCUT2D eigenvalue weighted by atomic mass is 10.3. The highest BCUT2D eigenvalue weighted by molar-refractivity contribution is 5.88. The molecular weight excluding hydrogens is 206 g/mol. The van der Waals surface area contributed by atoms with Crippen molar-refractivity contribution >= 4 is 11.6 Å². The maximum atomic E-state index is 11.0. The van der Waals surface area contributed by atoms with E-state index in [4.69, 9.17) is 5.11 Å². The number of carboxylic acids is 1. The number of imidazole rings is 1. The normalized spacial score (nSPS) is 15.6. The van der Waals surface area contributed by atoms with Gasteiger partial charge in [0.25, 0.3) is 0 Å². The molecule has 0 spiro atoms. The van der Waals surface area contributed by atoms with Crippen molar-refractivity contribution in [3.63, 3.8) is 0 Å². The third-order valence-corrected chi connectivity index (χ3v) is 2.91. The number of aromatic carboxylic acids is 1. The lowest BCUT2D eigenvalue weighted by Gasteiger charge is -1.99. The second-order valence-electron chi connectivity index (χ2n) is 4.17. The number of carbonyl (C=O) groups is 1. The average Bonchev–Trinajstić information content (AvgIpc) is 2.99. The van der Waals surface area contributed by atoms with Gasteiger partial charge in [-0.2, -0.15) is 0 Å². The summed E-state index contributed by atoms with van der Waals surface area (Å²) in [7, 11) is 0. The summed E-state index contributed by atoms with van der Waals surface area (Å²) >= 11 is 0. The van der Waals surface area contributed by atoms with Crippen LogP contribution in [0.1, 0.15) is 40.6 Å². The summed E-state index contributed by atoms with van der Waals surface area (Å²) < 4.78 is 1.53. The first-order chi connectivity index (χ1) is 7.66. The number of fused-ring (bicyclic) bond motifs is 1. The van der Waals surface area contributed by atoms with Crippen LogP contribution in [0.2, 0.25) is 0 Å². The van der Waals surface area contributed by atoms with Gasteiger partial charge >= 0.3 is 5.97 Å². The third-order valence-electron chi connectivity index (χ3n) is 2.91. The molecule has 0 atom stereocenters. The molecule has 0 bridgehead atoms. The smallest absolute Gasteiger partial charge is 0.354 e. The number of aromatic nitrogens is 3. The number of hydrogen-bond acceptors (Lipinski definition) is 3. The molecule has 1 saturated carbocycles. The van der Waals surface area contributed by atoms with E-state index < -0.39 is 5.97 Å². The molecule has 0 unspecified atom stereocenters. The van der Waals surface area contributed by atoms with Gasteiger partial charge in [-0.25, -0.2) is 14.8 Å². The number of hydrogen-bond donors (Lipinski definition) is 1. The highest BCUT2D eigenvalue weighted by atomic mass is 16.4. The van der Waals surface area contributed by atoms with Crippen LogP contribution in [0.15, 0.2) is 12.4 Å². The van der Waals surface area contributed by atoms with Crippen LogP contribution in [-0.4, -0.2) is 25.4 Å². The van der Waals surface area contributed by atoms with Gasteiger partial charge in [0, 0.05) is 17.7 Å². The van der Waals surface area contributed by atoms with Crippen molar-refractivity contribution in [2.24, 2.45) is 0 Å². The van der Waals surface area contributed by atoms with Gasteiger partial charge in [-0.3, -0.25) is 4.40 Å². The van der Waals surface area contributed by atoms with E-state index in [2.05, 4.69) is 9.97 Å². The van der Waals surface area contributed by atoms with E-state index in [1.54, 1.807) is 13.3 Å². The minimum atomic E-state index is -0.967. The van der Waals surface area contributed by atoms with Gasteiger partial charge in [-0.05, 0) is 19.8 Å². The summed E-state index contributed by atoms with van der Waals surface area (Å²) in [6, 6.07) is 1.89. The quantitative estimate of drug-likeness (QED) is 0.829. The van der Waals surface area contributed by atoms with Crippen molar-refractivity contribution < 1.29 is 9.90 Å². The molecule has 2 aromatic heterocycles. The molecule has 82 valence electrons. The van der Waals surface area contributed by atoms with Crippen LogP contribution in [0.5, 0.6) is 0 Å². The lowest BCUT2D eigenvalue weighted by Crippen LogP contribution is -2.04. The SMILES string of the molecule is Cc1nc2cc(C3CC3)ncn2c1C(=O)O. The molecule has 16 heavy (non-hydrogen) atoms. The van der Waals surface area contributed by atoms with Gasteiger partial charge in [0.1, 0.15) is 12.0 Å². The fourth-order valence-corrected chi connectivity index (χ4v) is 1.94. The average molecular weight is 217 g/mol. The van der Waals surface area contributed by atoms with E-state index in [1.165, 1.54) is 17.2 Å². The Morgan fingerprint density at radius 1 is 1.56 bits per heavy atom. The van der Waals surface area contributed by atoms with E-state index in [-0.39, 0.29) is 5.69 Å². The molecule has 2 heterocycles. The van der Waals surface area contributed by atoms with Crippen molar-refractivity contribution in [2.75, 3.05) is 0 Å². The minimum Gasteiger partial charge on any atom is -0.477 e. The van der Waals surface area contributed by atoms with Gasteiger partial charge in [-0.1, -0.05) is 0 Å². The molecule has 3 rings (SSSR count). The van der Waals surface area contributed by atoms with Crippen LogP contribution in [-0.2, 0) is 0 Å². The molecule has 0 saturated heterocycles. The van der Waals surface area contributed by atoms with E-state index in [0.29, 0.717) is 17.3 Å². The Hall–Kier alpha value is -1.91. The molecule has 0 aliphatic heterocycles. The van der Waals surface area contributed by atoms with Gasteiger partial charge in [-0.15, -0.1) is 0 Å². The van der Waals surface area contributed by atoms with Crippen LogP contribution in [0, 0.1) is 6.92 Å². The number of carboxylic acid groups (broad SMARTS) is 1. The first-order valence-electron chi connectivity index (χ1n) is 5.24. The molecule has 0 aromatic carbocycles.